The van der Waals surface area contributed by atoms with Gasteiger partial charge in [0.05, 0.1) is 0 Å². The van der Waals surface area contributed by atoms with Gasteiger partial charge in [0.2, 0.25) is 0 Å². The second kappa shape index (κ2) is 15.8. The van der Waals surface area contributed by atoms with Gasteiger partial charge in [-0.25, -0.2) is 0 Å². The Kier molecular flexibility index (Phi) is 55.5. The molecule has 0 aliphatic carbocycles. The first-order chi connectivity index (χ1) is 1.73. The van der Waals surface area contributed by atoms with E-state index in [-0.39, 0.29) is 53.2 Å². The predicted molar refractivity (Wildman–Crippen MR) is 18.0 cm³/mol. The van der Waals surface area contributed by atoms with Gasteiger partial charge in [0, 0.05) is 23.7 Å². The molecule has 3 N–H and O–H groups in total. The van der Waals surface area contributed by atoms with Crippen molar-refractivity contribution in [3.8, 4) is 0 Å². The molecular formula is C2H7CoNaO3. The summed E-state index contributed by atoms with van der Waals surface area (Å²) in [7, 11) is 0. The largest absolute Gasteiger partial charge is 1.00 e. The van der Waals surface area contributed by atoms with E-state index in [1.54, 1.807) is 0 Å². The van der Waals surface area contributed by atoms with E-state index in [1.807, 2.05) is 0 Å². The van der Waals surface area contributed by atoms with Crippen LogP contribution in [0.5, 0.6) is 0 Å². The SMILES string of the molecule is CC(=O)O.O.[Co].[H-].[Na+]. The van der Waals surface area contributed by atoms with Crippen molar-refractivity contribution in [3.05, 3.63) is 0 Å². The van der Waals surface area contributed by atoms with Crippen molar-refractivity contribution in [1.29, 1.82) is 0 Å². The number of carboxylic acids is 1. The number of aliphatic carboxylic acids is 1. The van der Waals surface area contributed by atoms with Gasteiger partial charge in [-0.1, -0.05) is 0 Å². The summed E-state index contributed by atoms with van der Waals surface area (Å²) in [4.78, 5) is 9.00. The molecule has 0 atom stereocenters. The molecule has 0 fully saturated rings. The molecule has 0 aromatic carbocycles. The fraction of sp³-hybridized carbons (Fsp3) is 0.500. The van der Waals surface area contributed by atoms with Crippen molar-refractivity contribution >= 4 is 5.97 Å². The summed E-state index contributed by atoms with van der Waals surface area (Å²) in [5.74, 6) is -0.833. The van der Waals surface area contributed by atoms with Crippen molar-refractivity contribution in [2.24, 2.45) is 0 Å². The van der Waals surface area contributed by atoms with Gasteiger partial charge in [-0.15, -0.1) is 0 Å². The summed E-state index contributed by atoms with van der Waals surface area (Å²) >= 11 is 0. The molecule has 5 heteroatoms. The first-order valence-corrected chi connectivity index (χ1v) is 0.928. The topological polar surface area (TPSA) is 68.8 Å². The Balaban J connectivity index is -0.00000000750. The quantitative estimate of drug-likeness (QED) is 0.372. The van der Waals surface area contributed by atoms with Crippen LogP contribution in [0.4, 0.5) is 0 Å². The fourth-order valence-electron chi connectivity index (χ4n) is 0. The van der Waals surface area contributed by atoms with Gasteiger partial charge in [-0.2, -0.15) is 0 Å². The van der Waals surface area contributed by atoms with E-state index < -0.39 is 5.97 Å². The smallest absolute Gasteiger partial charge is 1.00 e. The van der Waals surface area contributed by atoms with E-state index in [0.29, 0.717) is 0 Å². The molecule has 43 valence electrons. The Morgan fingerprint density at radius 3 is 1.71 bits per heavy atom. The minimum absolute atomic E-state index is 0. The van der Waals surface area contributed by atoms with Crippen molar-refractivity contribution in [1.82, 2.24) is 0 Å². The van der Waals surface area contributed by atoms with Crippen LogP contribution in [-0.4, -0.2) is 16.6 Å². The summed E-state index contributed by atoms with van der Waals surface area (Å²) in [6, 6.07) is 0. The van der Waals surface area contributed by atoms with Crippen LogP contribution in [0.2, 0.25) is 0 Å². The Morgan fingerprint density at radius 2 is 1.71 bits per heavy atom. The standard InChI is InChI=1S/C2H4O2.Co.Na.H2O.H/c1-2(3)4;;;;/h1H3,(H,3,4);;;1H2;/q;;+1;;-1. The van der Waals surface area contributed by atoms with Crippen molar-refractivity contribution < 1.29 is 63.1 Å². The van der Waals surface area contributed by atoms with Crippen molar-refractivity contribution in [3.63, 3.8) is 0 Å². The molecule has 0 aliphatic heterocycles. The normalized spacial score (nSPS) is 3.57. The number of hydrogen-bond donors (Lipinski definition) is 1. The molecule has 0 spiro atoms. The van der Waals surface area contributed by atoms with E-state index in [0.717, 1.165) is 6.92 Å². The second-order valence-electron chi connectivity index (χ2n) is 0.519. The molecule has 0 saturated heterocycles. The van der Waals surface area contributed by atoms with Gasteiger partial charge in [-0.3, -0.25) is 4.79 Å². The second-order valence-corrected chi connectivity index (χ2v) is 0.519. The van der Waals surface area contributed by atoms with Gasteiger partial charge in [-0.05, 0) is 0 Å². The van der Waals surface area contributed by atoms with E-state index in [1.165, 1.54) is 0 Å². The van der Waals surface area contributed by atoms with Crippen molar-refractivity contribution in [2.45, 2.75) is 6.92 Å². The number of rotatable bonds is 0. The summed E-state index contributed by atoms with van der Waals surface area (Å²) in [5.41, 5.74) is 0. The molecule has 0 heterocycles. The molecule has 7 heavy (non-hydrogen) atoms. The Hall–Kier alpha value is 0.936. The fourth-order valence-corrected chi connectivity index (χ4v) is 0. The summed E-state index contributed by atoms with van der Waals surface area (Å²) in [6.45, 7) is 1.08. The first kappa shape index (κ1) is 24.6. The van der Waals surface area contributed by atoms with Crippen LogP contribution >= 0.6 is 0 Å². The molecule has 0 rings (SSSR count). The Bertz CT molecular complexity index is 40.3. The van der Waals surface area contributed by atoms with Gasteiger partial charge < -0.3 is 12.0 Å². The molecular weight excluding hydrogens is 154 g/mol. The van der Waals surface area contributed by atoms with Gasteiger partial charge in [0.1, 0.15) is 0 Å². The van der Waals surface area contributed by atoms with Crippen LogP contribution in [-0.2, 0) is 21.6 Å². The molecule has 1 radical (unpaired) electrons. The maximum atomic E-state index is 9.00. The molecule has 0 aliphatic rings. The van der Waals surface area contributed by atoms with E-state index in [4.69, 9.17) is 9.90 Å². The molecule has 0 bridgehead atoms. The maximum absolute atomic E-state index is 9.00. The summed E-state index contributed by atoms with van der Waals surface area (Å²) < 4.78 is 0. The number of carbonyl (C=O) groups is 1. The minimum Gasteiger partial charge on any atom is -1.00 e. The summed E-state index contributed by atoms with van der Waals surface area (Å²) in [6.07, 6.45) is 0. The van der Waals surface area contributed by atoms with Crippen LogP contribution in [0.1, 0.15) is 8.35 Å². The predicted octanol–water partition coefficient (Wildman–Crippen LogP) is -3.62. The molecule has 0 saturated carbocycles. The molecule has 0 aromatic rings. The van der Waals surface area contributed by atoms with Gasteiger partial charge >= 0.3 is 29.6 Å². The van der Waals surface area contributed by atoms with Crippen LogP contribution in [0.25, 0.3) is 0 Å². The molecule has 3 nitrogen and oxygen atoms in total. The van der Waals surface area contributed by atoms with Gasteiger partial charge in [0.25, 0.3) is 5.97 Å². The first-order valence-electron chi connectivity index (χ1n) is 0.928. The van der Waals surface area contributed by atoms with Crippen LogP contribution < -0.4 is 29.6 Å². The third-order valence-electron chi connectivity index (χ3n) is 0. The van der Waals surface area contributed by atoms with Crippen LogP contribution in [0, 0.1) is 0 Å². The molecule has 0 aromatic heterocycles. The monoisotopic (exact) mass is 161 g/mol. The third kappa shape index (κ3) is 193. The van der Waals surface area contributed by atoms with E-state index in [2.05, 4.69) is 0 Å². The van der Waals surface area contributed by atoms with E-state index >= 15 is 0 Å². The van der Waals surface area contributed by atoms with Crippen LogP contribution in [0.15, 0.2) is 0 Å². The minimum atomic E-state index is -0.833. The number of hydrogen-bond acceptors (Lipinski definition) is 1. The van der Waals surface area contributed by atoms with Crippen LogP contribution in [0.3, 0.4) is 0 Å². The van der Waals surface area contributed by atoms with Gasteiger partial charge in [0.15, 0.2) is 0 Å². The van der Waals surface area contributed by atoms with Crippen molar-refractivity contribution in [2.75, 3.05) is 0 Å². The maximum Gasteiger partial charge on any atom is 1.00 e. The zero-order chi connectivity index (χ0) is 3.58. The Labute approximate surface area is 75.8 Å². The third-order valence-corrected chi connectivity index (χ3v) is 0. The zero-order valence-corrected chi connectivity index (χ0v) is 7.23. The molecule has 0 unspecified atom stereocenters. The average molecular weight is 161 g/mol. The summed E-state index contributed by atoms with van der Waals surface area (Å²) in [5, 5.41) is 7.42. The number of carboxylic acid groups (broad SMARTS) is 1. The Morgan fingerprint density at radius 1 is 1.71 bits per heavy atom. The average Bonchev–Trinajstić information content (AvgIpc) is 0.811. The molecule has 0 amide bonds. The van der Waals surface area contributed by atoms with E-state index in [9.17, 15) is 0 Å². The zero-order valence-electron chi connectivity index (χ0n) is 5.19.